The van der Waals surface area contributed by atoms with Gasteiger partial charge >= 0.3 is 0 Å². The molecule has 1 aromatic heterocycles. The Balaban J connectivity index is 2.19. The van der Waals surface area contributed by atoms with Crippen LogP contribution in [0.2, 0.25) is 0 Å². The van der Waals surface area contributed by atoms with Gasteiger partial charge in [-0.1, -0.05) is 33.8 Å². The van der Waals surface area contributed by atoms with Crippen LogP contribution < -0.4 is 0 Å². The topological polar surface area (TPSA) is 56.6 Å². The molecular weight excluding hydrogens is 260 g/mol. The van der Waals surface area contributed by atoms with Gasteiger partial charge in [-0.25, -0.2) is 0 Å². The van der Waals surface area contributed by atoms with Crippen LogP contribution in [0.25, 0.3) is 10.9 Å². The number of hydrogen-bond acceptors (Lipinski definition) is 2. The zero-order valence-electron chi connectivity index (χ0n) is 13.2. The molecule has 1 heterocycles. The molecule has 3 heteroatoms. The number of carbonyl (C=O) groups is 1. The molecule has 0 saturated carbocycles. The van der Waals surface area contributed by atoms with Crippen LogP contribution in [0, 0.1) is 22.7 Å². The summed E-state index contributed by atoms with van der Waals surface area (Å²) in [6.45, 7) is 8.72. The molecule has 0 fully saturated rings. The van der Waals surface area contributed by atoms with Gasteiger partial charge in [0.25, 0.3) is 0 Å². The van der Waals surface area contributed by atoms with Crippen molar-refractivity contribution < 1.29 is 4.79 Å². The lowest BCUT2D eigenvalue weighted by Crippen LogP contribution is -2.14. The molecule has 0 saturated heterocycles. The smallest absolute Gasteiger partial charge is 0.165 e. The Labute approximate surface area is 126 Å². The summed E-state index contributed by atoms with van der Waals surface area (Å²) in [4.78, 5) is 15.6. The van der Waals surface area contributed by atoms with Crippen LogP contribution in [-0.4, -0.2) is 10.8 Å². The van der Waals surface area contributed by atoms with Gasteiger partial charge in [0.1, 0.15) is 0 Å². The summed E-state index contributed by atoms with van der Waals surface area (Å²) in [5.41, 5.74) is 2.42. The van der Waals surface area contributed by atoms with Crippen molar-refractivity contribution >= 4 is 16.7 Å². The maximum absolute atomic E-state index is 12.5. The Hall–Kier alpha value is -2.08. The highest BCUT2D eigenvalue weighted by Crippen LogP contribution is 2.28. The summed E-state index contributed by atoms with van der Waals surface area (Å²) in [5, 5.41) is 9.81. The van der Waals surface area contributed by atoms with Crippen LogP contribution in [0.1, 0.15) is 56.5 Å². The first-order valence-corrected chi connectivity index (χ1v) is 7.34. The van der Waals surface area contributed by atoms with E-state index in [0.29, 0.717) is 17.9 Å². The number of benzene rings is 1. The lowest BCUT2D eigenvalue weighted by Gasteiger charge is -2.22. The first-order valence-electron chi connectivity index (χ1n) is 7.34. The standard InChI is InChI=1S/C18H22N2O/c1-12(9-18(2,3)4)7-17(21)15-11-20-16-8-13(10-19)5-6-14(15)16/h5-6,8,11-12,20H,7,9H2,1-4H3. The minimum Gasteiger partial charge on any atom is -0.360 e. The van der Waals surface area contributed by atoms with Crippen LogP contribution in [0.3, 0.4) is 0 Å². The first kappa shape index (κ1) is 15.3. The third-order valence-electron chi connectivity index (χ3n) is 3.61. The number of hydrogen-bond donors (Lipinski definition) is 1. The molecule has 1 N–H and O–H groups in total. The van der Waals surface area contributed by atoms with Crippen LogP contribution in [0.5, 0.6) is 0 Å². The second-order valence-corrected chi connectivity index (χ2v) is 7.07. The molecular formula is C18H22N2O. The van der Waals surface area contributed by atoms with Crippen molar-refractivity contribution in [1.29, 1.82) is 5.26 Å². The Morgan fingerprint density at radius 1 is 1.38 bits per heavy atom. The van der Waals surface area contributed by atoms with Gasteiger partial charge in [0, 0.05) is 29.1 Å². The fourth-order valence-electron chi connectivity index (χ4n) is 2.97. The van der Waals surface area contributed by atoms with Crippen molar-refractivity contribution in [3.63, 3.8) is 0 Å². The summed E-state index contributed by atoms with van der Waals surface area (Å²) in [5.74, 6) is 0.531. The molecule has 2 aromatic rings. The van der Waals surface area contributed by atoms with Crippen molar-refractivity contribution in [2.45, 2.75) is 40.5 Å². The fraction of sp³-hybridized carbons (Fsp3) is 0.444. The maximum Gasteiger partial charge on any atom is 0.165 e. The highest BCUT2D eigenvalue weighted by molar-refractivity contribution is 6.08. The number of nitrogens with zero attached hydrogens (tertiary/aromatic N) is 1. The third-order valence-corrected chi connectivity index (χ3v) is 3.61. The lowest BCUT2D eigenvalue weighted by atomic mass is 9.83. The number of ketones is 1. The van der Waals surface area contributed by atoms with Crippen molar-refractivity contribution in [1.82, 2.24) is 4.98 Å². The summed E-state index contributed by atoms with van der Waals surface area (Å²) >= 11 is 0. The third kappa shape index (κ3) is 3.72. The first-order chi connectivity index (χ1) is 9.80. The predicted molar refractivity (Wildman–Crippen MR) is 85.2 cm³/mol. The number of fused-ring (bicyclic) bond motifs is 1. The SMILES string of the molecule is CC(CC(=O)c1c[nH]c2cc(C#N)ccc12)CC(C)(C)C. The minimum absolute atomic E-state index is 0.169. The molecule has 3 nitrogen and oxygen atoms in total. The van der Waals surface area contributed by atoms with Gasteiger partial charge in [-0.05, 0) is 29.9 Å². The minimum atomic E-state index is 0.169. The summed E-state index contributed by atoms with van der Waals surface area (Å²) in [6, 6.07) is 7.50. The number of H-pyrrole nitrogens is 1. The van der Waals surface area contributed by atoms with Crippen molar-refractivity contribution in [3.8, 4) is 6.07 Å². The fourth-order valence-corrected chi connectivity index (χ4v) is 2.97. The summed E-state index contributed by atoms with van der Waals surface area (Å²) in [6.07, 6.45) is 3.35. The average molecular weight is 282 g/mol. The molecule has 1 atom stereocenters. The molecule has 1 aromatic carbocycles. The van der Waals surface area contributed by atoms with E-state index in [0.717, 1.165) is 22.9 Å². The van der Waals surface area contributed by atoms with E-state index in [2.05, 4.69) is 38.7 Å². The maximum atomic E-state index is 12.5. The highest BCUT2D eigenvalue weighted by Gasteiger charge is 2.20. The van der Waals surface area contributed by atoms with Gasteiger partial charge in [0.15, 0.2) is 5.78 Å². The summed E-state index contributed by atoms with van der Waals surface area (Å²) < 4.78 is 0. The average Bonchev–Trinajstić information content (AvgIpc) is 2.78. The molecule has 0 amide bonds. The number of nitrogens with one attached hydrogen (secondary N) is 1. The molecule has 0 aliphatic carbocycles. The number of Topliss-reactive ketones (excluding diaryl/α,β-unsaturated/α-hetero) is 1. The van der Waals surface area contributed by atoms with Gasteiger partial charge in [-0.3, -0.25) is 4.79 Å². The second-order valence-electron chi connectivity index (χ2n) is 7.07. The Bertz CT molecular complexity index is 698. The molecule has 0 aliphatic heterocycles. The van der Waals surface area contributed by atoms with E-state index < -0.39 is 0 Å². The molecule has 0 spiro atoms. The molecule has 0 bridgehead atoms. The quantitative estimate of drug-likeness (QED) is 0.827. The molecule has 21 heavy (non-hydrogen) atoms. The summed E-state index contributed by atoms with van der Waals surface area (Å²) in [7, 11) is 0. The van der Waals surface area contributed by atoms with Gasteiger partial charge in [-0.15, -0.1) is 0 Å². The van der Waals surface area contributed by atoms with E-state index in [1.807, 2.05) is 6.07 Å². The molecule has 0 radical (unpaired) electrons. The van der Waals surface area contributed by atoms with Crippen LogP contribution in [0.4, 0.5) is 0 Å². The van der Waals surface area contributed by atoms with E-state index in [4.69, 9.17) is 5.26 Å². The number of carbonyl (C=O) groups excluding carboxylic acids is 1. The molecule has 1 unspecified atom stereocenters. The Kier molecular flexibility index (Phi) is 4.18. The lowest BCUT2D eigenvalue weighted by molar-refractivity contribution is 0.0956. The van der Waals surface area contributed by atoms with E-state index in [1.165, 1.54) is 0 Å². The monoisotopic (exact) mass is 282 g/mol. The predicted octanol–water partition coefficient (Wildman–Crippen LogP) is 4.68. The number of nitriles is 1. The molecule has 0 aliphatic rings. The zero-order valence-corrected chi connectivity index (χ0v) is 13.2. The van der Waals surface area contributed by atoms with Gasteiger partial charge in [-0.2, -0.15) is 5.26 Å². The Morgan fingerprint density at radius 3 is 2.71 bits per heavy atom. The van der Waals surface area contributed by atoms with E-state index in [1.54, 1.807) is 18.3 Å². The second kappa shape index (κ2) is 5.73. The van der Waals surface area contributed by atoms with E-state index in [9.17, 15) is 4.79 Å². The zero-order chi connectivity index (χ0) is 15.6. The molecule has 2 rings (SSSR count). The van der Waals surface area contributed by atoms with Crippen molar-refractivity contribution in [2.24, 2.45) is 11.3 Å². The van der Waals surface area contributed by atoms with Gasteiger partial charge < -0.3 is 4.98 Å². The Morgan fingerprint density at radius 2 is 2.10 bits per heavy atom. The number of rotatable bonds is 4. The van der Waals surface area contributed by atoms with Crippen molar-refractivity contribution in [3.05, 3.63) is 35.5 Å². The largest absolute Gasteiger partial charge is 0.360 e. The van der Waals surface area contributed by atoms with E-state index in [-0.39, 0.29) is 11.2 Å². The van der Waals surface area contributed by atoms with E-state index >= 15 is 0 Å². The van der Waals surface area contributed by atoms with Crippen LogP contribution >= 0.6 is 0 Å². The van der Waals surface area contributed by atoms with Crippen molar-refractivity contribution in [2.75, 3.05) is 0 Å². The van der Waals surface area contributed by atoms with Crippen LogP contribution in [0.15, 0.2) is 24.4 Å². The van der Waals surface area contributed by atoms with Gasteiger partial charge in [0.2, 0.25) is 0 Å². The van der Waals surface area contributed by atoms with Crippen LogP contribution in [-0.2, 0) is 0 Å². The van der Waals surface area contributed by atoms with Gasteiger partial charge in [0.05, 0.1) is 11.6 Å². The number of aromatic amines is 1. The number of aromatic nitrogens is 1. The molecule has 110 valence electrons. The highest BCUT2D eigenvalue weighted by atomic mass is 16.1. The normalized spacial score (nSPS) is 13.1.